The largest absolute Gasteiger partial charge is 0.493 e. The summed E-state index contributed by atoms with van der Waals surface area (Å²) in [5.74, 6) is 0.418. The molecular formula is C33H31N3O4. The Hall–Kier alpha value is -4.88. The van der Waals surface area contributed by atoms with Crippen molar-refractivity contribution in [3.63, 3.8) is 0 Å². The van der Waals surface area contributed by atoms with Crippen LogP contribution < -0.4 is 25.8 Å². The molecule has 2 amide bonds. The first-order chi connectivity index (χ1) is 19.6. The second-order valence-corrected chi connectivity index (χ2v) is 9.31. The van der Waals surface area contributed by atoms with Gasteiger partial charge in [-0.25, -0.2) is 0 Å². The molecule has 4 N–H and O–H groups in total. The number of hydrogen-bond acceptors (Lipinski definition) is 5. The Morgan fingerprint density at radius 3 is 1.70 bits per heavy atom. The van der Waals surface area contributed by atoms with Gasteiger partial charge in [-0.1, -0.05) is 66.7 Å². The van der Waals surface area contributed by atoms with Crippen LogP contribution >= 0.6 is 0 Å². The number of para-hydroxylation sites is 1. The zero-order valence-corrected chi connectivity index (χ0v) is 22.1. The van der Waals surface area contributed by atoms with Crippen LogP contribution in [0.5, 0.6) is 11.5 Å². The van der Waals surface area contributed by atoms with Gasteiger partial charge in [0.1, 0.15) is 18.1 Å². The van der Waals surface area contributed by atoms with Gasteiger partial charge in [0.15, 0.2) is 0 Å². The molecule has 202 valence electrons. The van der Waals surface area contributed by atoms with Crippen LogP contribution in [0.25, 0.3) is 21.5 Å². The Morgan fingerprint density at radius 1 is 0.625 bits per heavy atom. The minimum Gasteiger partial charge on any atom is -0.493 e. The molecule has 0 saturated carbocycles. The molecule has 0 aliphatic rings. The van der Waals surface area contributed by atoms with Gasteiger partial charge >= 0.3 is 0 Å². The summed E-state index contributed by atoms with van der Waals surface area (Å²) in [4.78, 5) is 26.3. The molecule has 0 aliphatic heterocycles. The fraction of sp³-hybridized carbons (Fsp3) is 0.152. The first-order valence-electron chi connectivity index (χ1n) is 13.3. The van der Waals surface area contributed by atoms with Crippen LogP contribution in [0.3, 0.4) is 0 Å². The summed E-state index contributed by atoms with van der Waals surface area (Å²) in [5, 5.41) is 9.66. The molecule has 0 unspecified atom stereocenters. The van der Waals surface area contributed by atoms with Crippen molar-refractivity contribution in [3.05, 3.63) is 114 Å². The average Bonchev–Trinajstić information content (AvgIpc) is 2.99. The highest BCUT2D eigenvalue weighted by molar-refractivity contribution is 6.08. The maximum atomic E-state index is 13.2. The van der Waals surface area contributed by atoms with Crippen LogP contribution in [0.1, 0.15) is 27.1 Å². The Kier molecular flexibility index (Phi) is 8.53. The highest BCUT2D eigenvalue weighted by Gasteiger charge is 2.17. The number of ether oxygens (including phenoxy) is 2. The fourth-order valence-electron chi connectivity index (χ4n) is 4.44. The summed E-state index contributed by atoms with van der Waals surface area (Å²) >= 11 is 0. The van der Waals surface area contributed by atoms with E-state index in [0.29, 0.717) is 47.9 Å². The van der Waals surface area contributed by atoms with Crippen molar-refractivity contribution in [2.24, 2.45) is 5.73 Å². The van der Waals surface area contributed by atoms with Crippen molar-refractivity contribution < 1.29 is 19.1 Å². The smallest absolute Gasteiger partial charge is 0.259 e. The van der Waals surface area contributed by atoms with Gasteiger partial charge in [-0.15, -0.1) is 0 Å². The number of rotatable bonds is 11. The summed E-state index contributed by atoms with van der Waals surface area (Å²) in [6.07, 6.45) is 0.688. The molecule has 40 heavy (non-hydrogen) atoms. The van der Waals surface area contributed by atoms with Gasteiger partial charge < -0.3 is 25.8 Å². The number of carbonyl (C=O) groups is 2. The summed E-state index contributed by atoms with van der Waals surface area (Å²) in [7, 11) is 0. The molecule has 0 heterocycles. The zero-order valence-electron chi connectivity index (χ0n) is 22.1. The molecule has 7 nitrogen and oxygen atoms in total. The van der Waals surface area contributed by atoms with E-state index in [-0.39, 0.29) is 25.0 Å². The van der Waals surface area contributed by atoms with E-state index in [9.17, 15) is 9.59 Å². The van der Waals surface area contributed by atoms with E-state index >= 15 is 0 Å². The van der Waals surface area contributed by atoms with Gasteiger partial charge in [-0.05, 0) is 70.9 Å². The van der Waals surface area contributed by atoms with Crippen LogP contribution in [0.4, 0.5) is 5.69 Å². The lowest BCUT2D eigenvalue weighted by atomic mass is 10.0. The number of fused-ring (bicyclic) bond motifs is 2. The number of benzene rings is 5. The van der Waals surface area contributed by atoms with Gasteiger partial charge in [0.25, 0.3) is 11.8 Å². The van der Waals surface area contributed by atoms with E-state index in [4.69, 9.17) is 15.2 Å². The third-order valence-corrected chi connectivity index (χ3v) is 6.47. The molecule has 0 aliphatic carbocycles. The number of nitrogens with one attached hydrogen (secondary N) is 2. The SMILES string of the molecule is NCCCOc1cc2ccccc2cc1C(=O)NCCOc1cc2ccccc2cc1C(=O)Nc1ccccc1. The molecular weight excluding hydrogens is 502 g/mol. The predicted octanol–water partition coefficient (Wildman–Crippen LogP) is 5.78. The fourth-order valence-corrected chi connectivity index (χ4v) is 4.44. The lowest BCUT2D eigenvalue weighted by molar-refractivity contribution is 0.0940. The van der Waals surface area contributed by atoms with Gasteiger partial charge in [0, 0.05) is 5.69 Å². The molecule has 0 saturated heterocycles. The van der Waals surface area contributed by atoms with Crippen LogP contribution in [0.2, 0.25) is 0 Å². The highest BCUT2D eigenvalue weighted by atomic mass is 16.5. The third-order valence-electron chi connectivity index (χ3n) is 6.47. The molecule has 0 spiro atoms. The average molecular weight is 534 g/mol. The quantitative estimate of drug-likeness (QED) is 0.187. The highest BCUT2D eigenvalue weighted by Crippen LogP contribution is 2.28. The molecule has 0 bridgehead atoms. The van der Waals surface area contributed by atoms with Crippen LogP contribution in [0.15, 0.2) is 103 Å². The first-order valence-corrected chi connectivity index (χ1v) is 13.3. The second kappa shape index (κ2) is 12.8. The van der Waals surface area contributed by atoms with Crippen molar-refractivity contribution in [1.82, 2.24) is 5.32 Å². The molecule has 5 rings (SSSR count). The first kappa shape index (κ1) is 26.7. The second-order valence-electron chi connectivity index (χ2n) is 9.31. The predicted molar refractivity (Wildman–Crippen MR) is 159 cm³/mol. The Balaban J connectivity index is 1.29. The lowest BCUT2D eigenvalue weighted by Crippen LogP contribution is -2.29. The molecule has 0 radical (unpaired) electrons. The molecule has 0 aromatic heterocycles. The van der Waals surface area contributed by atoms with Crippen LogP contribution in [0, 0.1) is 0 Å². The summed E-state index contributed by atoms with van der Waals surface area (Å²) in [6.45, 7) is 1.34. The minimum absolute atomic E-state index is 0.173. The number of hydrogen-bond donors (Lipinski definition) is 3. The van der Waals surface area contributed by atoms with E-state index in [1.807, 2.05) is 103 Å². The van der Waals surface area contributed by atoms with Crippen molar-refractivity contribution in [2.75, 3.05) is 31.6 Å². The van der Waals surface area contributed by atoms with E-state index in [0.717, 1.165) is 21.5 Å². The van der Waals surface area contributed by atoms with Gasteiger partial charge in [-0.3, -0.25) is 9.59 Å². The standard InChI is InChI=1S/C33H31N3O4/c34-15-8-17-39-30-21-25-11-6-4-9-23(25)19-28(30)32(37)35-16-18-40-31-22-26-12-7-5-10-24(26)20-29(31)33(38)36-27-13-2-1-3-14-27/h1-7,9-14,19-22H,8,15-18,34H2,(H,35,37)(H,36,38). The number of amides is 2. The van der Waals surface area contributed by atoms with Crippen molar-refractivity contribution in [2.45, 2.75) is 6.42 Å². The van der Waals surface area contributed by atoms with E-state index < -0.39 is 0 Å². The monoisotopic (exact) mass is 533 g/mol. The van der Waals surface area contributed by atoms with E-state index in [2.05, 4.69) is 10.6 Å². The minimum atomic E-state index is -0.272. The molecule has 0 atom stereocenters. The summed E-state index contributed by atoms with van der Waals surface area (Å²) in [6, 6.07) is 32.3. The lowest BCUT2D eigenvalue weighted by Gasteiger charge is -2.15. The molecule has 5 aromatic rings. The Morgan fingerprint density at radius 2 is 1.12 bits per heavy atom. The number of anilines is 1. The van der Waals surface area contributed by atoms with E-state index in [1.54, 1.807) is 0 Å². The van der Waals surface area contributed by atoms with Crippen molar-refractivity contribution in [3.8, 4) is 11.5 Å². The maximum Gasteiger partial charge on any atom is 0.259 e. The van der Waals surface area contributed by atoms with Crippen LogP contribution in [-0.4, -0.2) is 38.1 Å². The van der Waals surface area contributed by atoms with E-state index in [1.165, 1.54) is 0 Å². The Bertz CT molecular complexity index is 1640. The normalized spacial score (nSPS) is 10.8. The van der Waals surface area contributed by atoms with Gasteiger partial charge in [0.05, 0.1) is 24.3 Å². The molecule has 5 aromatic carbocycles. The molecule has 7 heteroatoms. The maximum absolute atomic E-state index is 13.2. The summed E-state index contributed by atoms with van der Waals surface area (Å²) < 4.78 is 11.9. The van der Waals surface area contributed by atoms with Gasteiger partial charge in [-0.2, -0.15) is 0 Å². The van der Waals surface area contributed by atoms with Crippen molar-refractivity contribution in [1.29, 1.82) is 0 Å². The molecule has 0 fully saturated rings. The third kappa shape index (κ3) is 6.39. The number of nitrogens with two attached hydrogens (primary N) is 1. The Labute approximate surface area is 232 Å². The summed E-state index contributed by atoms with van der Waals surface area (Å²) in [5.41, 5.74) is 7.17. The van der Waals surface area contributed by atoms with Crippen molar-refractivity contribution >= 4 is 39.0 Å². The topological polar surface area (TPSA) is 103 Å². The van der Waals surface area contributed by atoms with Gasteiger partial charge in [0.2, 0.25) is 0 Å². The van der Waals surface area contributed by atoms with Crippen LogP contribution in [-0.2, 0) is 0 Å². The zero-order chi connectivity index (χ0) is 27.7. The number of carbonyl (C=O) groups excluding carboxylic acids is 2.